The first-order valence-corrected chi connectivity index (χ1v) is 9.67. The number of hydrogen-bond donors (Lipinski definition) is 1. The van der Waals surface area contributed by atoms with Crippen LogP contribution in [0.5, 0.6) is 11.5 Å². The monoisotopic (exact) mass is 419 g/mol. The molecule has 0 aliphatic heterocycles. The van der Waals surface area contributed by atoms with Gasteiger partial charge in [0.05, 0.1) is 6.61 Å². The third-order valence-electron chi connectivity index (χ3n) is 3.96. The molecule has 140 valence electrons. The zero-order valence-corrected chi connectivity index (χ0v) is 17.4. The van der Waals surface area contributed by atoms with Gasteiger partial charge in [0.15, 0.2) is 6.10 Å². The summed E-state index contributed by atoms with van der Waals surface area (Å²) in [4.78, 5) is 12.5. The number of rotatable bonds is 8. The smallest absolute Gasteiger partial charge is 0.265 e. The van der Waals surface area contributed by atoms with Gasteiger partial charge in [-0.3, -0.25) is 4.79 Å². The first kappa shape index (κ1) is 20.3. The third kappa shape index (κ3) is 5.77. The molecule has 1 N–H and O–H groups in total. The van der Waals surface area contributed by atoms with Gasteiger partial charge in [0.2, 0.25) is 0 Å². The standard InChI is InChI=1S/C21H26BrNO3/c1-5-6-10-25-19-9-7-8-18(13-19)23-21(24)16(4)26-20-14(2)11-17(22)12-15(20)3/h7-9,11-13,16H,5-6,10H2,1-4H3,(H,23,24). The van der Waals surface area contributed by atoms with Gasteiger partial charge < -0.3 is 14.8 Å². The van der Waals surface area contributed by atoms with E-state index in [1.807, 2.05) is 50.2 Å². The van der Waals surface area contributed by atoms with E-state index >= 15 is 0 Å². The zero-order valence-electron chi connectivity index (χ0n) is 15.8. The Bertz CT molecular complexity index is 738. The van der Waals surface area contributed by atoms with Crippen LogP contribution in [0.3, 0.4) is 0 Å². The Morgan fingerprint density at radius 1 is 1.19 bits per heavy atom. The number of carbonyl (C=O) groups excluding carboxylic acids is 1. The summed E-state index contributed by atoms with van der Waals surface area (Å²) in [5, 5.41) is 2.89. The zero-order chi connectivity index (χ0) is 19.1. The molecule has 4 nitrogen and oxygen atoms in total. The molecular weight excluding hydrogens is 394 g/mol. The van der Waals surface area contributed by atoms with Crippen molar-refractivity contribution in [1.82, 2.24) is 0 Å². The molecule has 5 heteroatoms. The molecule has 0 aliphatic rings. The van der Waals surface area contributed by atoms with Gasteiger partial charge in [-0.25, -0.2) is 0 Å². The Morgan fingerprint density at radius 3 is 2.54 bits per heavy atom. The van der Waals surface area contributed by atoms with Gasteiger partial charge >= 0.3 is 0 Å². The number of benzene rings is 2. The minimum Gasteiger partial charge on any atom is -0.494 e. The first-order valence-electron chi connectivity index (χ1n) is 8.87. The molecule has 0 heterocycles. The number of anilines is 1. The molecule has 0 saturated heterocycles. The van der Waals surface area contributed by atoms with E-state index in [2.05, 4.69) is 28.2 Å². The largest absolute Gasteiger partial charge is 0.494 e. The summed E-state index contributed by atoms with van der Waals surface area (Å²) in [5.41, 5.74) is 2.68. The molecule has 0 fully saturated rings. The second-order valence-corrected chi connectivity index (χ2v) is 7.26. The minimum absolute atomic E-state index is 0.197. The van der Waals surface area contributed by atoms with Crippen molar-refractivity contribution < 1.29 is 14.3 Å². The van der Waals surface area contributed by atoms with Gasteiger partial charge in [-0.05, 0) is 62.6 Å². The van der Waals surface area contributed by atoms with Crippen molar-refractivity contribution in [1.29, 1.82) is 0 Å². The van der Waals surface area contributed by atoms with Crippen molar-refractivity contribution >= 4 is 27.5 Å². The Hall–Kier alpha value is -2.01. The van der Waals surface area contributed by atoms with Crippen molar-refractivity contribution in [3.8, 4) is 11.5 Å². The first-order chi connectivity index (χ1) is 12.4. The molecule has 0 bridgehead atoms. The summed E-state index contributed by atoms with van der Waals surface area (Å²) in [7, 11) is 0. The molecule has 1 amide bonds. The second-order valence-electron chi connectivity index (χ2n) is 6.35. The Labute approximate surface area is 164 Å². The van der Waals surface area contributed by atoms with Crippen LogP contribution in [0.2, 0.25) is 0 Å². The number of ether oxygens (including phenoxy) is 2. The van der Waals surface area contributed by atoms with Crippen LogP contribution in [0.15, 0.2) is 40.9 Å². The van der Waals surface area contributed by atoms with Gasteiger partial charge in [-0.1, -0.05) is 35.3 Å². The number of halogens is 1. The number of unbranched alkanes of at least 4 members (excludes halogenated alkanes) is 1. The van der Waals surface area contributed by atoms with E-state index in [9.17, 15) is 4.79 Å². The molecule has 2 aromatic rings. The minimum atomic E-state index is -0.613. The molecule has 1 atom stereocenters. The summed E-state index contributed by atoms with van der Waals surface area (Å²) in [6.07, 6.45) is 1.48. The quantitative estimate of drug-likeness (QED) is 0.562. The van der Waals surface area contributed by atoms with Gasteiger partial charge in [-0.2, -0.15) is 0 Å². The second kappa shape index (κ2) is 9.62. The molecule has 0 aromatic heterocycles. The van der Waals surface area contributed by atoms with Crippen LogP contribution in [0.4, 0.5) is 5.69 Å². The van der Waals surface area contributed by atoms with Gasteiger partial charge in [-0.15, -0.1) is 0 Å². The van der Waals surface area contributed by atoms with Gasteiger partial charge in [0, 0.05) is 16.2 Å². The van der Waals surface area contributed by atoms with Gasteiger partial charge in [0.25, 0.3) is 5.91 Å². The van der Waals surface area contributed by atoms with Crippen molar-refractivity contribution in [2.75, 3.05) is 11.9 Å². The summed E-state index contributed by atoms with van der Waals surface area (Å²) in [6, 6.07) is 11.4. The highest BCUT2D eigenvalue weighted by atomic mass is 79.9. The highest BCUT2D eigenvalue weighted by Gasteiger charge is 2.17. The van der Waals surface area contributed by atoms with Crippen molar-refractivity contribution in [2.24, 2.45) is 0 Å². The van der Waals surface area contributed by atoms with Crippen molar-refractivity contribution in [3.63, 3.8) is 0 Å². The van der Waals surface area contributed by atoms with E-state index in [0.717, 1.165) is 39.9 Å². The van der Waals surface area contributed by atoms with Crippen LogP contribution in [0, 0.1) is 13.8 Å². The SMILES string of the molecule is CCCCOc1cccc(NC(=O)C(C)Oc2c(C)cc(Br)cc2C)c1. The average molecular weight is 420 g/mol. The van der Waals surface area contributed by atoms with E-state index in [0.29, 0.717) is 12.3 Å². The molecule has 0 saturated carbocycles. The van der Waals surface area contributed by atoms with Crippen LogP contribution >= 0.6 is 15.9 Å². The Kier molecular flexibility index (Phi) is 7.51. The fraction of sp³-hybridized carbons (Fsp3) is 0.381. The average Bonchev–Trinajstić information content (AvgIpc) is 2.58. The summed E-state index contributed by atoms with van der Waals surface area (Å²) >= 11 is 3.47. The number of carbonyl (C=O) groups is 1. The number of aryl methyl sites for hydroxylation is 2. The summed E-state index contributed by atoms with van der Waals surface area (Å²) in [6.45, 7) is 8.48. The van der Waals surface area contributed by atoms with Crippen LogP contribution in [-0.4, -0.2) is 18.6 Å². The molecule has 0 aliphatic carbocycles. The number of amides is 1. The van der Waals surface area contributed by atoms with Crippen LogP contribution in [-0.2, 0) is 4.79 Å². The highest BCUT2D eigenvalue weighted by Crippen LogP contribution is 2.28. The fourth-order valence-electron chi connectivity index (χ4n) is 2.56. The Balaban J connectivity index is 2.00. The summed E-state index contributed by atoms with van der Waals surface area (Å²) in [5.74, 6) is 1.30. The van der Waals surface area contributed by atoms with E-state index in [-0.39, 0.29) is 5.91 Å². The van der Waals surface area contributed by atoms with Crippen molar-refractivity contribution in [2.45, 2.75) is 46.6 Å². The lowest BCUT2D eigenvalue weighted by atomic mass is 10.1. The van der Waals surface area contributed by atoms with E-state index < -0.39 is 6.10 Å². The molecule has 0 radical (unpaired) electrons. The van der Waals surface area contributed by atoms with Gasteiger partial charge in [0.1, 0.15) is 11.5 Å². The highest BCUT2D eigenvalue weighted by molar-refractivity contribution is 9.10. The molecule has 2 rings (SSSR count). The predicted octanol–water partition coefficient (Wildman–Crippen LogP) is 5.65. The topological polar surface area (TPSA) is 47.6 Å². The van der Waals surface area contributed by atoms with E-state index in [1.165, 1.54) is 0 Å². The normalized spacial score (nSPS) is 11.7. The summed E-state index contributed by atoms with van der Waals surface area (Å²) < 4.78 is 12.6. The maximum absolute atomic E-state index is 12.5. The number of hydrogen-bond acceptors (Lipinski definition) is 3. The lowest BCUT2D eigenvalue weighted by Crippen LogP contribution is -2.30. The van der Waals surface area contributed by atoms with E-state index in [4.69, 9.17) is 9.47 Å². The van der Waals surface area contributed by atoms with Crippen LogP contribution in [0.1, 0.15) is 37.8 Å². The maximum Gasteiger partial charge on any atom is 0.265 e. The van der Waals surface area contributed by atoms with Crippen molar-refractivity contribution in [3.05, 3.63) is 52.0 Å². The van der Waals surface area contributed by atoms with E-state index in [1.54, 1.807) is 6.92 Å². The molecule has 0 spiro atoms. The predicted molar refractivity (Wildman–Crippen MR) is 109 cm³/mol. The Morgan fingerprint density at radius 2 is 1.88 bits per heavy atom. The fourth-order valence-corrected chi connectivity index (χ4v) is 3.24. The molecule has 26 heavy (non-hydrogen) atoms. The van der Waals surface area contributed by atoms with Crippen LogP contribution in [0.25, 0.3) is 0 Å². The van der Waals surface area contributed by atoms with Crippen LogP contribution < -0.4 is 14.8 Å². The lowest BCUT2D eigenvalue weighted by Gasteiger charge is -2.18. The molecule has 1 unspecified atom stereocenters. The maximum atomic E-state index is 12.5. The molecular formula is C21H26BrNO3. The number of nitrogens with one attached hydrogen (secondary N) is 1. The molecule has 2 aromatic carbocycles. The lowest BCUT2D eigenvalue weighted by molar-refractivity contribution is -0.122. The third-order valence-corrected chi connectivity index (χ3v) is 4.41.